The fourth-order valence-corrected chi connectivity index (χ4v) is 3.96. The number of benzene rings is 3. The van der Waals surface area contributed by atoms with Gasteiger partial charge in [0.25, 0.3) is 5.56 Å². The third-order valence-electron chi connectivity index (χ3n) is 5.48. The van der Waals surface area contributed by atoms with Gasteiger partial charge in [-0.3, -0.25) is 9.20 Å². The first-order valence-electron chi connectivity index (χ1n) is 10.2. The number of rotatable bonds is 3. The monoisotopic (exact) mass is 456 g/mol. The topological polar surface area (TPSA) is 70.2 Å². The smallest absolute Gasteiger partial charge is 0.361 e. The van der Waals surface area contributed by atoms with Crippen molar-refractivity contribution in [2.75, 3.05) is 5.32 Å². The number of nitrogens with zero attached hydrogens (tertiary/aromatic N) is 3. The van der Waals surface area contributed by atoms with E-state index in [1.807, 2.05) is 0 Å². The third-order valence-corrected chi connectivity index (χ3v) is 5.48. The van der Waals surface area contributed by atoms with Crippen LogP contribution in [0, 0.1) is 11.3 Å². The molecule has 0 saturated carbocycles. The van der Waals surface area contributed by atoms with Gasteiger partial charge in [-0.2, -0.15) is 18.4 Å². The molecule has 0 atom stereocenters. The Morgan fingerprint density at radius 1 is 0.971 bits per heavy atom. The predicted octanol–water partition coefficient (Wildman–Crippen LogP) is 4.97. The van der Waals surface area contributed by atoms with Gasteiger partial charge in [0.15, 0.2) is 5.65 Å². The minimum absolute atomic E-state index is 0.135. The highest BCUT2D eigenvalue weighted by Gasteiger charge is 2.30. The molecule has 1 N–H and O–H groups in total. The molecule has 0 aliphatic rings. The van der Waals surface area contributed by atoms with Crippen molar-refractivity contribution >= 4 is 28.6 Å². The highest BCUT2D eigenvalue weighted by Crippen LogP contribution is 2.30. The number of hydrogen-bond acceptors (Lipinski definition) is 4. The summed E-state index contributed by atoms with van der Waals surface area (Å²) in [4.78, 5) is 18.2. The van der Waals surface area contributed by atoms with E-state index >= 15 is 0 Å². The molecule has 2 aromatic heterocycles. The Hall–Kier alpha value is -4.64. The van der Waals surface area contributed by atoms with Crippen LogP contribution >= 0.6 is 0 Å². The zero-order valence-corrected chi connectivity index (χ0v) is 17.5. The van der Waals surface area contributed by atoms with E-state index in [1.54, 1.807) is 54.6 Å². The lowest BCUT2D eigenvalue weighted by molar-refractivity contribution is -0.137. The van der Waals surface area contributed by atoms with E-state index in [2.05, 4.69) is 16.4 Å². The van der Waals surface area contributed by atoms with Gasteiger partial charge in [0.2, 0.25) is 0 Å². The largest absolute Gasteiger partial charge is 0.416 e. The van der Waals surface area contributed by atoms with E-state index in [-0.39, 0.29) is 22.1 Å². The Bertz CT molecular complexity index is 1700. The van der Waals surface area contributed by atoms with Crippen molar-refractivity contribution in [3.63, 3.8) is 0 Å². The second kappa shape index (κ2) is 8.05. The highest BCUT2D eigenvalue weighted by atomic mass is 19.4. The van der Waals surface area contributed by atoms with Gasteiger partial charge in [-0.25, -0.2) is 4.98 Å². The van der Waals surface area contributed by atoms with Crippen molar-refractivity contribution in [2.45, 2.75) is 6.18 Å². The molecular weight excluding hydrogens is 441 g/mol. The molecule has 0 saturated heterocycles. The van der Waals surface area contributed by atoms with E-state index in [0.29, 0.717) is 22.2 Å². The summed E-state index contributed by atoms with van der Waals surface area (Å²) in [7, 11) is 0. The summed E-state index contributed by atoms with van der Waals surface area (Å²) in [5, 5.41) is 13.0. The summed E-state index contributed by atoms with van der Waals surface area (Å²) >= 11 is 0. The number of alkyl halides is 3. The molecule has 0 aliphatic heterocycles. The van der Waals surface area contributed by atoms with E-state index < -0.39 is 17.3 Å². The van der Waals surface area contributed by atoms with Crippen LogP contribution in [0.1, 0.15) is 11.1 Å². The molecular formula is C26H15F3N4O. The van der Waals surface area contributed by atoms with Gasteiger partial charge >= 0.3 is 6.18 Å². The van der Waals surface area contributed by atoms with Gasteiger partial charge in [-0.1, -0.05) is 48.5 Å². The van der Waals surface area contributed by atoms with Crippen LogP contribution in [-0.4, -0.2) is 9.38 Å². The summed E-state index contributed by atoms with van der Waals surface area (Å²) in [6.45, 7) is 0. The summed E-state index contributed by atoms with van der Waals surface area (Å²) < 4.78 is 40.8. The predicted molar refractivity (Wildman–Crippen MR) is 124 cm³/mol. The Balaban J connectivity index is 1.83. The molecule has 2 heterocycles. The van der Waals surface area contributed by atoms with Crippen LogP contribution in [0.2, 0.25) is 0 Å². The number of aromatic nitrogens is 2. The van der Waals surface area contributed by atoms with Gasteiger partial charge in [0, 0.05) is 17.5 Å². The number of hydrogen-bond donors (Lipinski definition) is 1. The molecule has 5 nitrogen and oxygen atoms in total. The fraction of sp³-hybridized carbons (Fsp3) is 0.0385. The fourth-order valence-electron chi connectivity index (χ4n) is 3.96. The third kappa shape index (κ3) is 3.53. The van der Waals surface area contributed by atoms with E-state index in [1.165, 1.54) is 22.7 Å². The number of para-hydroxylation sites is 2. The zero-order valence-electron chi connectivity index (χ0n) is 17.5. The molecule has 34 heavy (non-hydrogen) atoms. The normalized spacial score (nSPS) is 12.2. The summed E-state index contributed by atoms with van der Waals surface area (Å²) in [5.74, 6) is 0. The van der Waals surface area contributed by atoms with Crippen LogP contribution in [0.5, 0.6) is 0 Å². The maximum absolute atomic E-state index is 13.7. The summed E-state index contributed by atoms with van der Waals surface area (Å²) in [6, 6.07) is 22.7. The number of fused-ring (bicyclic) bond motifs is 3. The van der Waals surface area contributed by atoms with E-state index in [4.69, 9.17) is 0 Å². The molecule has 3 aromatic carbocycles. The molecule has 8 heteroatoms. The maximum Gasteiger partial charge on any atom is 0.416 e. The number of anilines is 1. The van der Waals surface area contributed by atoms with E-state index in [9.17, 15) is 23.2 Å². The number of nitriles is 1. The van der Waals surface area contributed by atoms with Crippen molar-refractivity contribution in [1.82, 2.24) is 9.38 Å². The van der Waals surface area contributed by atoms with Gasteiger partial charge in [0.1, 0.15) is 11.6 Å². The van der Waals surface area contributed by atoms with Crippen LogP contribution in [0.4, 0.5) is 18.9 Å². The first-order valence-corrected chi connectivity index (χ1v) is 10.2. The first-order chi connectivity index (χ1) is 16.4. The molecule has 5 rings (SSSR count). The van der Waals surface area contributed by atoms with Gasteiger partial charge < -0.3 is 5.32 Å². The van der Waals surface area contributed by atoms with E-state index in [0.717, 1.165) is 12.1 Å². The second-order valence-electron chi connectivity index (χ2n) is 7.57. The van der Waals surface area contributed by atoms with Gasteiger partial charge in [0.05, 0.1) is 21.8 Å². The molecule has 0 spiro atoms. The lowest BCUT2D eigenvalue weighted by Gasteiger charge is -2.10. The number of nitrogens with one attached hydrogen (secondary N) is 1. The van der Waals surface area contributed by atoms with Gasteiger partial charge in [-0.15, -0.1) is 0 Å². The van der Waals surface area contributed by atoms with Crippen LogP contribution in [0.3, 0.4) is 0 Å². The average Bonchev–Trinajstić information content (AvgIpc) is 3.23. The van der Waals surface area contributed by atoms with Crippen LogP contribution in [0.15, 0.2) is 83.7 Å². The molecule has 0 aliphatic carbocycles. The first kappa shape index (κ1) is 21.2. The number of pyridine rings is 1. The van der Waals surface area contributed by atoms with Crippen molar-refractivity contribution < 1.29 is 13.2 Å². The number of halogens is 3. The lowest BCUT2D eigenvalue weighted by atomic mass is 9.99. The minimum Gasteiger partial charge on any atom is -0.361 e. The summed E-state index contributed by atoms with van der Waals surface area (Å²) in [6.07, 6.45) is -3.16. The molecule has 0 radical (unpaired) electrons. The molecule has 5 aromatic rings. The molecule has 166 valence electrons. The minimum atomic E-state index is -4.50. The van der Waals surface area contributed by atoms with Crippen LogP contribution < -0.4 is 16.1 Å². The van der Waals surface area contributed by atoms with Gasteiger partial charge in [-0.05, 0) is 35.9 Å². The van der Waals surface area contributed by atoms with Crippen molar-refractivity contribution in [1.29, 1.82) is 5.26 Å². The molecule has 0 fully saturated rings. The molecule has 0 unspecified atom stereocenters. The maximum atomic E-state index is 13.7. The second-order valence-corrected chi connectivity index (χ2v) is 7.57. The Morgan fingerprint density at radius 2 is 1.71 bits per heavy atom. The average molecular weight is 456 g/mol. The quantitative estimate of drug-likeness (QED) is 0.416. The highest BCUT2D eigenvalue weighted by molar-refractivity contribution is 5.87. The number of imidazole rings is 1. The lowest BCUT2D eigenvalue weighted by Crippen LogP contribution is -2.34. The van der Waals surface area contributed by atoms with Crippen LogP contribution in [-0.2, 0) is 6.18 Å². The molecule has 0 amide bonds. The zero-order chi connectivity index (χ0) is 23.9. The summed E-state index contributed by atoms with van der Waals surface area (Å²) in [5.41, 5.74) is 1.38. The van der Waals surface area contributed by atoms with Crippen molar-refractivity contribution in [3.8, 4) is 17.2 Å². The van der Waals surface area contributed by atoms with Crippen molar-refractivity contribution in [3.05, 3.63) is 106 Å². The Kier molecular flexibility index (Phi) is 5.02. The molecule has 0 bridgehead atoms. The van der Waals surface area contributed by atoms with Crippen LogP contribution in [0.25, 0.3) is 34.0 Å². The van der Waals surface area contributed by atoms with Crippen molar-refractivity contribution in [2.24, 2.45) is 0 Å². The standard InChI is InChI=1S/C26H15F3N4O/c27-26(28,29)17-9-6-10-18(13-17)31-15-20-23(16-7-2-1-3-8-16)19(14-30)24-32-21-11-4-5-12-22(21)33(24)25(20)34/h1-13,15,31H. The Morgan fingerprint density at radius 3 is 2.44 bits per heavy atom. The Labute approximate surface area is 191 Å². The SMILES string of the molecule is N#Cc1c(-c2ccccc2)c(=CNc2cccc(C(F)(F)F)c2)c(=O)n2c1nc1ccccc12.